The number of alkyl halides is 1. The van der Waals surface area contributed by atoms with E-state index in [1.807, 2.05) is 30.3 Å². The molecule has 4 heteroatoms. The lowest BCUT2D eigenvalue weighted by atomic mass is 9.85. The molecule has 0 saturated carbocycles. The molecule has 0 aliphatic rings. The molecule has 0 aliphatic heterocycles. The van der Waals surface area contributed by atoms with E-state index in [9.17, 15) is 9.50 Å². The molecule has 2 aromatic rings. The first kappa shape index (κ1) is 15.3. The van der Waals surface area contributed by atoms with Gasteiger partial charge in [-0.2, -0.15) is 0 Å². The van der Waals surface area contributed by atoms with Crippen molar-refractivity contribution in [3.8, 4) is 0 Å². The van der Waals surface area contributed by atoms with Crippen molar-refractivity contribution in [2.75, 3.05) is 5.88 Å². The second-order valence-electron chi connectivity index (χ2n) is 4.73. The van der Waals surface area contributed by atoms with Gasteiger partial charge in [0.05, 0.1) is 10.6 Å². The minimum Gasteiger partial charge on any atom is -0.385 e. The van der Waals surface area contributed by atoms with E-state index in [0.717, 1.165) is 5.56 Å². The highest BCUT2D eigenvalue weighted by atomic mass is 35.5. The number of hydrogen-bond donors (Lipinski definition) is 1. The van der Waals surface area contributed by atoms with Crippen molar-refractivity contribution >= 4 is 23.2 Å². The average Bonchev–Trinajstić information content (AvgIpc) is 2.45. The van der Waals surface area contributed by atoms with E-state index in [1.165, 1.54) is 6.07 Å². The first-order chi connectivity index (χ1) is 9.57. The van der Waals surface area contributed by atoms with Gasteiger partial charge in [0.2, 0.25) is 0 Å². The SMILES string of the molecule is OC(CCCl)(Cc1cccc(F)c1Cl)c1ccccc1. The molecule has 0 bridgehead atoms. The zero-order valence-electron chi connectivity index (χ0n) is 10.8. The number of rotatable bonds is 5. The standard InChI is InChI=1S/C16H15Cl2FO/c17-10-9-16(20,13-6-2-1-3-7-13)11-12-5-4-8-14(19)15(12)18/h1-8,20H,9-11H2. The minimum absolute atomic E-state index is 0.0522. The Hall–Kier alpha value is -1.09. The second-order valence-corrected chi connectivity index (χ2v) is 5.48. The maximum Gasteiger partial charge on any atom is 0.142 e. The fourth-order valence-corrected chi connectivity index (χ4v) is 2.74. The first-order valence-electron chi connectivity index (χ1n) is 6.33. The van der Waals surface area contributed by atoms with Crippen LogP contribution < -0.4 is 0 Å². The van der Waals surface area contributed by atoms with Gasteiger partial charge >= 0.3 is 0 Å². The zero-order chi connectivity index (χ0) is 14.6. The number of halogens is 3. The predicted molar refractivity (Wildman–Crippen MR) is 80.8 cm³/mol. The number of aliphatic hydroxyl groups is 1. The molecular formula is C16H15Cl2FO. The molecule has 1 N–H and O–H groups in total. The zero-order valence-corrected chi connectivity index (χ0v) is 12.3. The second kappa shape index (κ2) is 6.57. The molecule has 0 saturated heterocycles. The third-order valence-electron chi connectivity index (χ3n) is 3.33. The summed E-state index contributed by atoms with van der Waals surface area (Å²) in [6.07, 6.45) is 0.589. The topological polar surface area (TPSA) is 20.2 Å². The van der Waals surface area contributed by atoms with Gasteiger partial charge in [-0.05, 0) is 23.6 Å². The summed E-state index contributed by atoms with van der Waals surface area (Å²) in [5, 5.41) is 10.9. The van der Waals surface area contributed by atoms with Gasteiger partial charge in [-0.1, -0.05) is 54.1 Å². The molecule has 1 unspecified atom stereocenters. The van der Waals surface area contributed by atoms with Crippen LogP contribution >= 0.6 is 23.2 Å². The van der Waals surface area contributed by atoms with Crippen LogP contribution in [0.2, 0.25) is 5.02 Å². The van der Waals surface area contributed by atoms with Crippen molar-refractivity contribution in [3.05, 3.63) is 70.5 Å². The Kier molecular flexibility index (Phi) is 5.03. The molecule has 2 aromatic carbocycles. The van der Waals surface area contributed by atoms with E-state index in [1.54, 1.807) is 12.1 Å². The van der Waals surface area contributed by atoms with Gasteiger partial charge in [-0.3, -0.25) is 0 Å². The van der Waals surface area contributed by atoms with Crippen LogP contribution in [0.3, 0.4) is 0 Å². The average molecular weight is 313 g/mol. The molecule has 0 fully saturated rings. The molecule has 0 aromatic heterocycles. The molecule has 106 valence electrons. The van der Waals surface area contributed by atoms with Crippen LogP contribution in [0.1, 0.15) is 17.5 Å². The highest BCUT2D eigenvalue weighted by Gasteiger charge is 2.30. The van der Waals surface area contributed by atoms with Crippen molar-refractivity contribution in [3.63, 3.8) is 0 Å². The monoisotopic (exact) mass is 312 g/mol. The Labute approximate surface area is 128 Å². The van der Waals surface area contributed by atoms with E-state index in [-0.39, 0.29) is 11.4 Å². The molecule has 0 aliphatic carbocycles. The van der Waals surface area contributed by atoms with Gasteiger partial charge in [-0.25, -0.2) is 4.39 Å². The Bertz CT molecular complexity index is 574. The maximum atomic E-state index is 13.5. The van der Waals surface area contributed by atoms with Crippen molar-refractivity contribution in [2.24, 2.45) is 0 Å². The van der Waals surface area contributed by atoms with Gasteiger partial charge in [-0.15, -0.1) is 11.6 Å². The molecular weight excluding hydrogens is 298 g/mol. The molecule has 0 amide bonds. The Morgan fingerprint density at radius 1 is 1.05 bits per heavy atom. The summed E-state index contributed by atoms with van der Waals surface area (Å²) in [6, 6.07) is 13.8. The summed E-state index contributed by atoms with van der Waals surface area (Å²) in [6.45, 7) is 0. The Morgan fingerprint density at radius 3 is 2.40 bits per heavy atom. The van der Waals surface area contributed by atoms with Crippen LogP contribution in [0.15, 0.2) is 48.5 Å². The Morgan fingerprint density at radius 2 is 1.75 bits per heavy atom. The van der Waals surface area contributed by atoms with Crippen molar-refractivity contribution in [1.82, 2.24) is 0 Å². The summed E-state index contributed by atoms with van der Waals surface area (Å²) in [7, 11) is 0. The Balaban J connectivity index is 2.37. The lowest BCUT2D eigenvalue weighted by Gasteiger charge is -2.28. The van der Waals surface area contributed by atoms with E-state index in [0.29, 0.717) is 17.9 Å². The molecule has 0 spiro atoms. The van der Waals surface area contributed by atoms with E-state index >= 15 is 0 Å². The molecule has 1 nitrogen and oxygen atoms in total. The maximum absolute atomic E-state index is 13.5. The van der Waals surface area contributed by atoms with Gasteiger partial charge in [0.15, 0.2) is 0 Å². The van der Waals surface area contributed by atoms with Crippen LogP contribution in [0.25, 0.3) is 0 Å². The molecule has 1 atom stereocenters. The fourth-order valence-electron chi connectivity index (χ4n) is 2.24. The first-order valence-corrected chi connectivity index (χ1v) is 7.25. The lowest BCUT2D eigenvalue weighted by Crippen LogP contribution is -2.29. The van der Waals surface area contributed by atoms with Gasteiger partial charge < -0.3 is 5.11 Å². The summed E-state index contributed by atoms with van der Waals surface area (Å²) in [5.41, 5.74) is 0.171. The van der Waals surface area contributed by atoms with Crippen molar-refractivity contribution < 1.29 is 9.50 Å². The summed E-state index contributed by atoms with van der Waals surface area (Å²) in [5.74, 6) is -0.177. The van der Waals surface area contributed by atoms with Gasteiger partial charge in [0.1, 0.15) is 5.82 Å². The highest BCUT2D eigenvalue weighted by molar-refractivity contribution is 6.31. The van der Waals surface area contributed by atoms with Crippen LogP contribution in [-0.4, -0.2) is 11.0 Å². The smallest absolute Gasteiger partial charge is 0.142 e. The molecule has 2 rings (SSSR count). The summed E-state index contributed by atoms with van der Waals surface area (Å²) < 4.78 is 13.5. The van der Waals surface area contributed by atoms with Crippen molar-refractivity contribution in [1.29, 1.82) is 0 Å². The van der Waals surface area contributed by atoms with E-state index < -0.39 is 11.4 Å². The van der Waals surface area contributed by atoms with Crippen LogP contribution in [0.4, 0.5) is 4.39 Å². The molecule has 20 heavy (non-hydrogen) atoms. The van der Waals surface area contributed by atoms with Crippen LogP contribution in [-0.2, 0) is 12.0 Å². The van der Waals surface area contributed by atoms with Gasteiger partial charge in [0.25, 0.3) is 0 Å². The molecule has 0 heterocycles. The normalized spacial score (nSPS) is 14.0. The predicted octanol–water partition coefficient (Wildman–Crippen LogP) is 4.54. The highest BCUT2D eigenvalue weighted by Crippen LogP contribution is 2.32. The van der Waals surface area contributed by atoms with E-state index in [2.05, 4.69) is 0 Å². The third-order valence-corrected chi connectivity index (χ3v) is 3.95. The summed E-state index contributed by atoms with van der Waals surface area (Å²) in [4.78, 5) is 0. The van der Waals surface area contributed by atoms with Crippen LogP contribution in [0, 0.1) is 5.82 Å². The number of hydrogen-bond acceptors (Lipinski definition) is 1. The fraction of sp³-hybridized carbons (Fsp3) is 0.250. The van der Waals surface area contributed by atoms with Crippen LogP contribution in [0.5, 0.6) is 0 Å². The van der Waals surface area contributed by atoms with E-state index in [4.69, 9.17) is 23.2 Å². The quantitative estimate of drug-likeness (QED) is 0.804. The third kappa shape index (κ3) is 3.32. The lowest BCUT2D eigenvalue weighted by molar-refractivity contribution is 0.0336. The molecule has 0 radical (unpaired) electrons. The number of benzene rings is 2. The minimum atomic E-state index is -1.15. The summed E-state index contributed by atoms with van der Waals surface area (Å²) >= 11 is 11.8. The van der Waals surface area contributed by atoms with Gasteiger partial charge in [0, 0.05) is 12.3 Å². The largest absolute Gasteiger partial charge is 0.385 e. The van der Waals surface area contributed by atoms with Crippen molar-refractivity contribution in [2.45, 2.75) is 18.4 Å².